The Morgan fingerprint density at radius 1 is 1.06 bits per heavy atom. The lowest BCUT2D eigenvalue weighted by atomic mass is 9.90. The number of halogens is 1. The Kier molecular flexibility index (Phi) is 5.48. The Morgan fingerprint density at radius 3 is 2.64 bits per heavy atom. The summed E-state index contributed by atoms with van der Waals surface area (Å²) in [5.41, 5.74) is 5.88. The third-order valence-corrected chi connectivity index (χ3v) is 6.78. The van der Waals surface area contributed by atoms with Gasteiger partial charge in [-0.1, -0.05) is 12.1 Å². The van der Waals surface area contributed by atoms with Crippen LogP contribution in [0.1, 0.15) is 64.9 Å². The van der Waals surface area contributed by atoms with Gasteiger partial charge in [-0.25, -0.2) is 9.37 Å². The fraction of sp³-hybridized carbons (Fsp3) is 0.346. The Balaban J connectivity index is 1.58. The van der Waals surface area contributed by atoms with E-state index >= 15 is 0 Å². The van der Waals surface area contributed by atoms with Gasteiger partial charge in [-0.2, -0.15) is 0 Å². The number of hydrogen-bond acceptors (Lipinski definition) is 5. The van der Waals surface area contributed by atoms with Gasteiger partial charge in [-0.3, -0.25) is 24.3 Å². The summed E-state index contributed by atoms with van der Waals surface area (Å²) in [6.45, 7) is 5.98. The molecule has 33 heavy (non-hydrogen) atoms. The smallest absolute Gasteiger partial charge is 0.256 e. The van der Waals surface area contributed by atoms with E-state index in [1.54, 1.807) is 29.2 Å². The largest absolute Gasteiger partial charge is 0.285 e. The Bertz CT molecular complexity index is 1390. The van der Waals surface area contributed by atoms with Gasteiger partial charge in [0.15, 0.2) is 5.65 Å². The van der Waals surface area contributed by atoms with Crippen LogP contribution in [0, 0.1) is 26.6 Å². The van der Waals surface area contributed by atoms with Crippen LogP contribution in [0.3, 0.4) is 0 Å². The van der Waals surface area contributed by atoms with Crippen molar-refractivity contribution in [3.63, 3.8) is 0 Å². The number of hydrogen-bond donors (Lipinski definition) is 0. The molecule has 0 spiro atoms. The van der Waals surface area contributed by atoms with Gasteiger partial charge in [-0.15, -0.1) is 0 Å². The number of pyridine rings is 1. The normalized spacial score (nSPS) is 18.2. The molecular formula is C26H26FN5O. The van der Waals surface area contributed by atoms with Crippen molar-refractivity contribution in [2.75, 3.05) is 0 Å². The molecule has 0 radical (unpaired) electrons. The second-order valence-corrected chi connectivity index (χ2v) is 8.98. The summed E-state index contributed by atoms with van der Waals surface area (Å²) in [6.07, 6.45) is 7.42. The van der Waals surface area contributed by atoms with E-state index < -0.39 is 0 Å². The molecule has 5 rings (SSSR count). The van der Waals surface area contributed by atoms with Crippen molar-refractivity contribution in [1.82, 2.24) is 24.5 Å². The fourth-order valence-electron chi connectivity index (χ4n) is 5.10. The molecule has 1 aliphatic carbocycles. The van der Waals surface area contributed by atoms with Crippen LogP contribution in [0.5, 0.6) is 0 Å². The first-order valence-corrected chi connectivity index (χ1v) is 11.3. The third kappa shape index (κ3) is 3.92. The van der Waals surface area contributed by atoms with Crippen molar-refractivity contribution in [2.45, 2.75) is 58.4 Å². The molecule has 0 saturated heterocycles. The summed E-state index contributed by atoms with van der Waals surface area (Å²) in [6, 6.07) is 7.11. The van der Waals surface area contributed by atoms with Crippen molar-refractivity contribution in [3.8, 4) is 0 Å². The molecule has 0 aliphatic heterocycles. The van der Waals surface area contributed by atoms with Crippen LogP contribution in [0.4, 0.5) is 4.39 Å². The lowest BCUT2D eigenvalue weighted by Gasteiger charge is -2.17. The van der Waals surface area contributed by atoms with Crippen molar-refractivity contribution >= 4 is 11.2 Å². The topological polar surface area (TPSA) is 73.6 Å². The van der Waals surface area contributed by atoms with Gasteiger partial charge >= 0.3 is 0 Å². The molecule has 3 aromatic heterocycles. The molecule has 6 nitrogen and oxygen atoms in total. The first kappa shape index (κ1) is 21.4. The highest BCUT2D eigenvalue weighted by Crippen LogP contribution is 2.44. The number of nitrogens with zero attached hydrogens (tertiary/aromatic N) is 5. The molecule has 0 amide bonds. The van der Waals surface area contributed by atoms with E-state index in [0.29, 0.717) is 11.2 Å². The van der Waals surface area contributed by atoms with Crippen LogP contribution in [-0.4, -0.2) is 24.5 Å². The Labute approximate surface area is 191 Å². The molecular weight excluding hydrogens is 417 g/mol. The molecule has 1 fully saturated rings. The van der Waals surface area contributed by atoms with E-state index in [1.807, 2.05) is 32.9 Å². The minimum Gasteiger partial charge on any atom is -0.285 e. The number of rotatable bonds is 4. The van der Waals surface area contributed by atoms with Crippen molar-refractivity contribution < 1.29 is 4.39 Å². The summed E-state index contributed by atoms with van der Waals surface area (Å²) in [7, 11) is 0. The highest BCUT2D eigenvalue weighted by atomic mass is 19.1. The lowest BCUT2D eigenvalue weighted by molar-refractivity contribution is 0.573. The quantitative estimate of drug-likeness (QED) is 0.455. The van der Waals surface area contributed by atoms with Gasteiger partial charge in [0.05, 0.1) is 23.6 Å². The minimum absolute atomic E-state index is 0.0446. The molecule has 2 atom stereocenters. The average molecular weight is 444 g/mol. The first-order chi connectivity index (χ1) is 15.9. The molecule has 1 aliphatic rings. The van der Waals surface area contributed by atoms with Crippen LogP contribution in [-0.2, 0) is 6.54 Å². The molecule has 1 aromatic carbocycles. The monoisotopic (exact) mass is 443 g/mol. The molecule has 1 saturated carbocycles. The number of fused-ring (bicyclic) bond motifs is 1. The summed E-state index contributed by atoms with van der Waals surface area (Å²) >= 11 is 0. The van der Waals surface area contributed by atoms with Crippen molar-refractivity contribution in [3.05, 3.63) is 92.8 Å². The molecule has 168 valence electrons. The van der Waals surface area contributed by atoms with E-state index in [2.05, 4.69) is 19.9 Å². The van der Waals surface area contributed by atoms with E-state index in [-0.39, 0.29) is 29.8 Å². The van der Waals surface area contributed by atoms with E-state index in [4.69, 9.17) is 0 Å². The lowest BCUT2D eigenvalue weighted by Crippen LogP contribution is -2.27. The fourth-order valence-corrected chi connectivity index (χ4v) is 5.10. The summed E-state index contributed by atoms with van der Waals surface area (Å²) < 4.78 is 16.3. The standard InChI is InChI=1S/C26H26FN5O/c1-15-5-4-6-21(27)24(15)19-8-7-18(11-19)20-12-22-25(31-16(2)13-30-22)32(26(20)33)14-23-17(3)28-9-10-29-23/h4-6,9-10,12-13,18-19H,7-8,11,14H2,1-3H3/t18-,19+/m1/s1. The van der Waals surface area contributed by atoms with Crippen molar-refractivity contribution in [2.24, 2.45) is 0 Å². The maximum absolute atomic E-state index is 14.6. The zero-order chi connectivity index (χ0) is 23.1. The van der Waals surface area contributed by atoms with Crippen LogP contribution in [0.25, 0.3) is 11.2 Å². The SMILES string of the molecule is Cc1cnc2cc([C@@H]3CC[C@H](c4c(C)cccc4F)C3)c(=O)n(Cc3nccnc3C)c2n1. The third-order valence-electron chi connectivity index (χ3n) is 6.78. The molecule has 0 N–H and O–H groups in total. The zero-order valence-corrected chi connectivity index (χ0v) is 19.0. The van der Waals surface area contributed by atoms with Gasteiger partial charge in [0, 0.05) is 24.2 Å². The highest BCUT2D eigenvalue weighted by Gasteiger charge is 2.32. The van der Waals surface area contributed by atoms with E-state index in [0.717, 1.165) is 53.0 Å². The van der Waals surface area contributed by atoms with Crippen LogP contribution in [0.15, 0.2) is 47.7 Å². The molecule has 4 aromatic rings. The molecule has 3 heterocycles. The molecule has 7 heteroatoms. The number of aromatic nitrogens is 5. The van der Waals surface area contributed by atoms with Crippen LogP contribution in [0.2, 0.25) is 0 Å². The van der Waals surface area contributed by atoms with Crippen LogP contribution >= 0.6 is 0 Å². The maximum atomic E-state index is 14.6. The number of benzene rings is 1. The van der Waals surface area contributed by atoms with Gasteiger partial charge in [-0.05, 0) is 75.1 Å². The highest BCUT2D eigenvalue weighted by molar-refractivity contribution is 5.71. The first-order valence-electron chi connectivity index (χ1n) is 11.3. The van der Waals surface area contributed by atoms with Gasteiger partial charge in [0.2, 0.25) is 0 Å². The second-order valence-electron chi connectivity index (χ2n) is 8.98. The average Bonchev–Trinajstić information content (AvgIpc) is 3.26. The Hall–Kier alpha value is -3.48. The Morgan fingerprint density at radius 2 is 1.85 bits per heavy atom. The number of aryl methyl sites for hydroxylation is 3. The van der Waals surface area contributed by atoms with Gasteiger partial charge in [0.25, 0.3) is 5.56 Å². The zero-order valence-electron chi connectivity index (χ0n) is 19.0. The minimum atomic E-state index is -0.156. The molecule has 0 bridgehead atoms. The summed E-state index contributed by atoms with van der Waals surface area (Å²) in [5, 5.41) is 0. The van der Waals surface area contributed by atoms with Crippen LogP contribution < -0.4 is 5.56 Å². The summed E-state index contributed by atoms with van der Waals surface area (Å²) in [5.74, 6) is -0.00895. The van der Waals surface area contributed by atoms with Crippen molar-refractivity contribution in [1.29, 1.82) is 0 Å². The summed E-state index contributed by atoms with van der Waals surface area (Å²) in [4.78, 5) is 31.7. The second kappa shape index (κ2) is 8.46. The predicted molar refractivity (Wildman–Crippen MR) is 125 cm³/mol. The maximum Gasteiger partial charge on any atom is 0.256 e. The molecule has 0 unspecified atom stereocenters. The van der Waals surface area contributed by atoms with E-state index in [1.165, 1.54) is 6.07 Å². The van der Waals surface area contributed by atoms with E-state index in [9.17, 15) is 9.18 Å². The predicted octanol–water partition coefficient (Wildman–Crippen LogP) is 4.75. The van der Waals surface area contributed by atoms with Gasteiger partial charge in [0.1, 0.15) is 11.3 Å². The van der Waals surface area contributed by atoms with Gasteiger partial charge < -0.3 is 0 Å².